The number of hydrogen-bond donors (Lipinski definition) is 2. The number of rotatable bonds is 7. The molecule has 0 spiro atoms. The molecule has 0 fully saturated rings. The first kappa shape index (κ1) is 20.0. The number of hydrogen-bond acceptors (Lipinski definition) is 4. The normalized spacial score (nSPS) is 10.2. The Morgan fingerprint density at radius 1 is 0.963 bits per heavy atom. The van der Waals surface area contributed by atoms with Crippen LogP contribution in [0.5, 0.6) is 0 Å². The van der Waals surface area contributed by atoms with E-state index in [1.807, 2.05) is 6.92 Å². The molecule has 0 aromatic heterocycles. The highest BCUT2D eigenvalue weighted by Gasteiger charge is 2.12. The Hall–Kier alpha value is -3.29. The Bertz CT molecular complexity index is 838. The summed E-state index contributed by atoms with van der Waals surface area (Å²) in [6, 6.07) is 9.67. The number of nitrogens with one attached hydrogen (secondary N) is 2. The standard InChI is InChI=1S/C19H18F2N2O4/c1-2-12-3-5-13(6-4-12)19(26)27-11-18(25)22-10-17(24)23-14-7-8-15(20)16(21)9-14/h3-9H,2,10-11H2,1H3,(H,22,25)(H,23,24). The van der Waals surface area contributed by atoms with Gasteiger partial charge in [0, 0.05) is 11.8 Å². The molecule has 2 amide bonds. The van der Waals surface area contributed by atoms with E-state index in [4.69, 9.17) is 4.74 Å². The van der Waals surface area contributed by atoms with Crippen molar-refractivity contribution in [3.8, 4) is 0 Å². The largest absolute Gasteiger partial charge is 0.452 e. The second kappa shape index (κ2) is 9.42. The average molecular weight is 376 g/mol. The maximum Gasteiger partial charge on any atom is 0.338 e. The van der Waals surface area contributed by atoms with Crippen molar-refractivity contribution in [3.63, 3.8) is 0 Å². The molecule has 0 unspecified atom stereocenters. The van der Waals surface area contributed by atoms with Crippen LogP contribution in [0.3, 0.4) is 0 Å². The highest BCUT2D eigenvalue weighted by atomic mass is 19.2. The molecule has 0 aliphatic heterocycles. The lowest BCUT2D eigenvalue weighted by molar-refractivity contribution is -0.126. The van der Waals surface area contributed by atoms with Crippen molar-refractivity contribution < 1.29 is 27.9 Å². The molecule has 0 saturated heterocycles. The molecule has 8 heteroatoms. The molecule has 6 nitrogen and oxygen atoms in total. The predicted octanol–water partition coefficient (Wildman–Crippen LogP) is 2.44. The summed E-state index contributed by atoms with van der Waals surface area (Å²) in [5.41, 5.74) is 1.43. The van der Waals surface area contributed by atoms with Crippen molar-refractivity contribution in [2.24, 2.45) is 0 Å². The van der Waals surface area contributed by atoms with Crippen LogP contribution in [0.4, 0.5) is 14.5 Å². The Morgan fingerprint density at radius 2 is 1.67 bits per heavy atom. The maximum atomic E-state index is 13.1. The zero-order chi connectivity index (χ0) is 19.8. The zero-order valence-corrected chi connectivity index (χ0v) is 14.6. The van der Waals surface area contributed by atoms with E-state index in [9.17, 15) is 23.2 Å². The van der Waals surface area contributed by atoms with Gasteiger partial charge < -0.3 is 15.4 Å². The van der Waals surface area contributed by atoms with Gasteiger partial charge in [0.2, 0.25) is 5.91 Å². The highest BCUT2D eigenvalue weighted by Crippen LogP contribution is 2.12. The average Bonchev–Trinajstić information content (AvgIpc) is 2.67. The number of aryl methyl sites for hydroxylation is 1. The molecule has 2 N–H and O–H groups in total. The lowest BCUT2D eigenvalue weighted by atomic mass is 10.1. The molecule has 27 heavy (non-hydrogen) atoms. The van der Waals surface area contributed by atoms with Crippen LogP contribution in [0.25, 0.3) is 0 Å². The number of esters is 1. The van der Waals surface area contributed by atoms with Crippen molar-refractivity contribution >= 4 is 23.5 Å². The summed E-state index contributed by atoms with van der Waals surface area (Å²) in [4.78, 5) is 35.2. The number of carbonyl (C=O) groups is 3. The van der Waals surface area contributed by atoms with Gasteiger partial charge in [-0.2, -0.15) is 0 Å². The molecular formula is C19H18F2N2O4. The van der Waals surface area contributed by atoms with Crippen LogP contribution in [-0.4, -0.2) is 30.9 Å². The van der Waals surface area contributed by atoms with Gasteiger partial charge in [0.05, 0.1) is 12.1 Å². The van der Waals surface area contributed by atoms with Crippen LogP contribution in [0.1, 0.15) is 22.8 Å². The molecule has 0 atom stereocenters. The lowest BCUT2D eigenvalue weighted by Crippen LogP contribution is -2.35. The minimum absolute atomic E-state index is 0.0510. The number of amides is 2. The Balaban J connectivity index is 1.74. The lowest BCUT2D eigenvalue weighted by Gasteiger charge is -2.08. The molecule has 0 radical (unpaired) electrons. The van der Waals surface area contributed by atoms with Crippen molar-refractivity contribution in [1.82, 2.24) is 5.32 Å². The molecule has 2 rings (SSSR count). The molecule has 0 aliphatic carbocycles. The Labute approximate surface area is 154 Å². The molecule has 0 heterocycles. The number of benzene rings is 2. The van der Waals surface area contributed by atoms with E-state index in [1.54, 1.807) is 24.3 Å². The number of ether oxygens (including phenoxy) is 1. The molecule has 0 saturated carbocycles. The van der Waals surface area contributed by atoms with Crippen molar-refractivity contribution in [3.05, 3.63) is 65.2 Å². The summed E-state index contributed by atoms with van der Waals surface area (Å²) in [5, 5.41) is 4.56. The molecule has 2 aromatic rings. The predicted molar refractivity (Wildman–Crippen MR) is 94.1 cm³/mol. The number of halogens is 2. The van der Waals surface area contributed by atoms with Crippen molar-refractivity contribution in [1.29, 1.82) is 0 Å². The summed E-state index contributed by atoms with van der Waals surface area (Å²) in [5.74, 6) is -4.10. The number of anilines is 1. The summed E-state index contributed by atoms with van der Waals surface area (Å²) >= 11 is 0. The van der Waals surface area contributed by atoms with E-state index in [-0.39, 0.29) is 5.69 Å². The first-order chi connectivity index (χ1) is 12.9. The third-order valence-corrected chi connectivity index (χ3v) is 3.58. The van der Waals surface area contributed by atoms with E-state index < -0.39 is 42.6 Å². The topological polar surface area (TPSA) is 84.5 Å². The SMILES string of the molecule is CCc1ccc(C(=O)OCC(=O)NCC(=O)Nc2ccc(F)c(F)c2)cc1. The quantitative estimate of drug-likeness (QED) is 0.727. The minimum atomic E-state index is -1.10. The van der Waals surface area contributed by atoms with E-state index in [0.29, 0.717) is 5.56 Å². The van der Waals surface area contributed by atoms with Gasteiger partial charge in [0.1, 0.15) is 0 Å². The fraction of sp³-hybridized carbons (Fsp3) is 0.211. The van der Waals surface area contributed by atoms with Crippen LogP contribution in [0.15, 0.2) is 42.5 Å². The first-order valence-electron chi connectivity index (χ1n) is 8.16. The van der Waals surface area contributed by atoms with Gasteiger partial charge in [-0.3, -0.25) is 9.59 Å². The second-order valence-electron chi connectivity index (χ2n) is 5.58. The van der Waals surface area contributed by atoms with E-state index in [0.717, 1.165) is 24.1 Å². The maximum absolute atomic E-state index is 13.1. The van der Waals surface area contributed by atoms with Gasteiger partial charge in [-0.1, -0.05) is 19.1 Å². The molecule has 2 aromatic carbocycles. The van der Waals surface area contributed by atoms with Gasteiger partial charge >= 0.3 is 5.97 Å². The first-order valence-corrected chi connectivity index (χ1v) is 8.16. The Morgan fingerprint density at radius 3 is 2.30 bits per heavy atom. The number of carbonyl (C=O) groups excluding carboxylic acids is 3. The molecular weight excluding hydrogens is 358 g/mol. The monoisotopic (exact) mass is 376 g/mol. The zero-order valence-electron chi connectivity index (χ0n) is 14.6. The van der Waals surface area contributed by atoms with Gasteiger partial charge in [0.25, 0.3) is 5.91 Å². The van der Waals surface area contributed by atoms with Gasteiger partial charge in [-0.05, 0) is 36.2 Å². The summed E-state index contributed by atoms with van der Waals surface area (Å²) in [6.45, 7) is 1.02. The minimum Gasteiger partial charge on any atom is -0.452 e. The van der Waals surface area contributed by atoms with Gasteiger partial charge in [0.15, 0.2) is 18.2 Å². The Kier molecular flexibility index (Phi) is 6.99. The third kappa shape index (κ3) is 6.18. The fourth-order valence-corrected chi connectivity index (χ4v) is 2.10. The van der Waals surface area contributed by atoms with Crippen LogP contribution in [0.2, 0.25) is 0 Å². The van der Waals surface area contributed by atoms with Gasteiger partial charge in [-0.15, -0.1) is 0 Å². The molecule has 0 bridgehead atoms. The second-order valence-corrected chi connectivity index (χ2v) is 5.58. The van der Waals surface area contributed by atoms with Crippen LogP contribution in [-0.2, 0) is 20.7 Å². The van der Waals surface area contributed by atoms with E-state index in [1.165, 1.54) is 6.07 Å². The van der Waals surface area contributed by atoms with E-state index >= 15 is 0 Å². The molecule has 0 aliphatic rings. The third-order valence-electron chi connectivity index (χ3n) is 3.58. The van der Waals surface area contributed by atoms with E-state index in [2.05, 4.69) is 10.6 Å². The summed E-state index contributed by atoms with van der Waals surface area (Å²) < 4.78 is 30.7. The van der Waals surface area contributed by atoms with Gasteiger partial charge in [-0.25, -0.2) is 13.6 Å². The fourth-order valence-electron chi connectivity index (χ4n) is 2.10. The van der Waals surface area contributed by atoms with Crippen LogP contribution >= 0.6 is 0 Å². The van der Waals surface area contributed by atoms with Crippen molar-refractivity contribution in [2.75, 3.05) is 18.5 Å². The van der Waals surface area contributed by atoms with Crippen LogP contribution in [0, 0.1) is 11.6 Å². The highest BCUT2D eigenvalue weighted by molar-refractivity contribution is 5.95. The summed E-state index contributed by atoms with van der Waals surface area (Å²) in [7, 11) is 0. The smallest absolute Gasteiger partial charge is 0.338 e. The summed E-state index contributed by atoms with van der Waals surface area (Å²) in [6.07, 6.45) is 0.838. The van der Waals surface area contributed by atoms with Crippen LogP contribution < -0.4 is 10.6 Å². The van der Waals surface area contributed by atoms with Crippen molar-refractivity contribution in [2.45, 2.75) is 13.3 Å². The molecule has 142 valence electrons.